The summed E-state index contributed by atoms with van der Waals surface area (Å²) in [6, 6.07) is 13.5. The third-order valence-electron chi connectivity index (χ3n) is 2.68. The van der Waals surface area contributed by atoms with Crippen molar-refractivity contribution < 1.29 is 4.74 Å². The molecule has 4 heteroatoms. The molecule has 19 heavy (non-hydrogen) atoms. The Bertz CT molecular complexity index is 582. The average molecular weight is 275 g/mol. The van der Waals surface area contributed by atoms with Gasteiger partial charge in [0.2, 0.25) is 0 Å². The van der Waals surface area contributed by atoms with Gasteiger partial charge in [-0.05, 0) is 36.8 Å². The van der Waals surface area contributed by atoms with Gasteiger partial charge < -0.3 is 4.74 Å². The number of halogens is 1. The minimum absolute atomic E-state index is 0.696. The Kier molecular flexibility index (Phi) is 4.42. The van der Waals surface area contributed by atoms with Crippen molar-refractivity contribution in [1.82, 2.24) is 0 Å². The molecule has 0 aliphatic heterocycles. The fraction of sp³-hybridized carbons (Fsp3) is 0.133. The number of para-hydroxylation sites is 1. The van der Waals surface area contributed by atoms with E-state index in [2.05, 4.69) is 10.5 Å². The fourth-order valence-electron chi connectivity index (χ4n) is 1.64. The number of anilines is 1. The van der Waals surface area contributed by atoms with Crippen molar-refractivity contribution in [1.29, 1.82) is 0 Å². The zero-order valence-corrected chi connectivity index (χ0v) is 11.6. The van der Waals surface area contributed by atoms with Crippen molar-refractivity contribution in [3.63, 3.8) is 0 Å². The SMILES string of the molecule is COc1cc(C)c(Cl)cc1C=NNc1ccccc1. The van der Waals surface area contributed by atoms with Crippen LogP contribution in [0.5, 0.6) is 5.75 Å². The minimum Gasteiger partial charge on any atom is -0.496 e. The van der Waals surface area contributed by atoms with E-state index < -0.39 is 0 Å². The number of nitrogens with one attached hydrogen (secondary N) is 1. The number of aryl methyl sites for hydroxylation is 1. The molecule has 0 amide bonds. The maximum Gasteiger partial charge on any atom is 0.128 e. The lowest BCUT2D eigenvalue weighted by Crippen LogP contribution is -1.95. The predicted octanol–water partition coefficient (Wildman–Crippen LogP) is 4.10. The van der Waals surface area contributed by atoms with Crippen molar-refractivity contribution in [2.75, 3.05) is 12.5 Å². The molecule has 0 aliphatic rings. The molecule has 0 radical (unpaired) electrons. The smallest absolute Gasteiger partial charge is 0.128 e. The molecule has 2 aromatic carbocycles. The lowest BCUT2D eigenvalue weighted by Gasteiger charge is -2.07. The molecule has 0 saturated carbocycles. The third kappa shape index (κ3) is 3.48. The topological polar surface area (TPSA) is 33.6 Å². The lowest BCUT2D eigenvalue weighted by atomic mass is 10.1. The Balaban J connectivity index is 2.16. The number of rotatable bonds is 4. The van der Waals surface area contributed by atoms with Gasteiger partial charge in [0.05, 0.1) is 19.0 Å². The van der Waals surface area contributed by atoms with Gasteiger partial charge in [-0.2, -0.15) is 5.10 Å². The van der Waals surface area contributed by atoms with Gasteiger partial charge in [-0.3, -0.25) is 5.43 Å². The number of benzene rings is 2. The van der Waals surface area contributed by atoms with Crippen LogP contribution in [0.1, 0.15) is 11.1 Å². The summed E-state index contributed by atoms with van der Waals surface area (Å²) in [6.45, 7) is 1.94. The highest BCUT2D eigenvalue weighted by molar-refractivity contribution is 6.31. The van der Waals surface area contributed by atoms with Crippen LogP contribution in [0.15, 0.2) is 47.6 Å². The Labute approximate surface area is 117 Å². The van der Waals surface area contributed by atoms with Gasteiger partial charge in [-0.25, -0.2) is 0 Å². The van der Waals surface area contributed by atoms with Gasteiger partial charge >= 0.3 is 0 Å². The zero-order chi connectivity index (χ0) is 13.7. The van der Waals surface area contributed by atoms with Gasteiger partial charge in [0.25, 0.3) is 0 Å². The zero-order valence-electron chi connectivity index (χ0n) is 10.9. The van der Waals surface area contributed by atoms with Gasteiger partial charge in [-0.1, -0.05) is 29.8 Å². The first-order chi connectivity index (χ1) is 9.20. The van der Waals surface area contributed by atoms with Gasteiger partial charge in [0.15, 0.2) is 0 Å². The van der Waals surface area contributed by atoms with Crippen LogP contribution in [-0.4, -0.2) is 13.3 Å². The highest BCUT2D eigenvalue weighted by Gasteiger charge is 2.04. The van der Waals surface area contributed by atoms with Crippen molar-refractivity contribution in [2.45, 2.75) is 6.92 Å². The Hall–Kier alpha value is -2.00. The number of methoxy groups -OCH3 is 1. The second kappa shape index (κ2) is 6.25. The van der Waals surface area contributed by atoms with E-state index in [4.69, 9.17) is 16.3 Å². The largest absolute Gasteiger partial charge is 0.496 e. The molecule has 1 N–H and O–H groups in total. The number of ether oxygens (including phenoxy) is 1. The summed E-state index contributed by atoms with van der Waals surface area (Å²) in [5, 5.41) is 4.87. The van der Waals surface area contributed by atoms with E-state index in [0.717, 1.165) is 22.6 Å². The van der Waals surface area contributed by atoms with Gasteiger partial charge in [-0.15, -0.1) is 0 Å². The monoisotopic (exact) mass is 274 g/mol. The Morgan fingerprint density at radius 2 is 1.95 bits per heavy atom. The van der Waals surface area contributed by atoms with Crippen LogP contribution >= 0.6 is 11.6 Å². The normalized spacial score (nSPS) is 10.7. The summed E-state index contributed by atoms with van der Waals surface area (Å²) in [6.07, 6.45) is 1.69. The van der Waals surface area contributed by atoms with E-state index in [-0.39, 0.29) is 0 Å². The van der Waals surface area contributed by atoms with Gasteiger partial charge in [0, 0.05) is 10.6 Å². The van der Waals surface area contributed by atoms with Gasteiger partial charge in [0.1, 0.15) is 5.75 Å². The van der Waals surface area contributed by atoms with Crippen LogP contribution in [0, 0.1) is 6.92 Å². The Morgan fingerprint density at radius 3 is 2.63 bits per heavy atom. The maximum absolute atomic E-state index is 6.10. The second-order valence-corrected chi connectivity index (χ2v) is 4.49. The lowest BCUT2D eigenvalue weighted by molar-refractivity contribution is 0.414. The molecule has 2 rings (SSSR count). The van der Waals surface area contributed by atoms with Crippen LogP contribution in [0.4, 0.5) is 5.69 Å². The van der Waals surface area contributed by atoms with E-state index in [1.807, 2.05) is 49.4 Å². The highest BCUT2D eigenvalue weighted by Crippen LogP contribution is 2.25. The molecular weight excluding hydrogens is 260 g/mol. The van der Waals surface area contributed by atoms with E-state index in [1.54, 1.807) is 13.3 Å². The predicted molar refractivity (Wildman–Crippen MR) is 80.4 cm³/mol. The number of nitrogens with zero attached hydrogens (tertiary/aromatic N) is 1. The van der Waals surface area contributed by atoms with E-state index >= 15 is 0 Å². The van der Waals surface area contributed by atoms with E-state index in [9.17, 15) is 0 Å². The fourth-order valence-corrected chi connectivity index (χ4v) is 1.81. The second-order valence-electron chi connectivity index (χ2n) is 4.08. The standard InChI is InChI=1S/C15H15ClN2O/c1-11-8-15(19-2)12(9-14(11)16)10-17-18-13-6-4-3-5-7-13/h3-10,18H,1-2H3. The maximum atomic E-state index is 6.10. The van der Waals surface area contributed by atoms with Crippen LogP contribution in [0.2, 0.25) is 5.02 Å². The summed E-state index contributed by atoms with van der Waals surface area (Å²) in [5.74, 6) is 0.750. The summed E-state index contributed by atoms with van der Waals surface area (Å²) >= 11 is 6.10. The van der Waals surface area contributed by atoms with E-state index in [0.29, 0.717) is 5.02 Å². The molecule has 0 fully saturated rings. The molecule has 0 aromatic heterocycles. The van der Waals surface area contributed by atoms with Crippen molar-refractivity contribution in [3.8, 4) is 5.75 Å². The summed E-state index contributed by atoms with van der Waals surface area (Å²) in [5.41, 5.74) is 5.69. The first-order valence-corrected chi connectivity index (χ1v) is 6.27. The Morgan fingerprint density at radius 1 is 1.21 bits per heavy atom. The molecule has 0 unspecified atom stereocenters. The molecule has 98 valence electrons. The van der Waals surface area contributed by atoms with Crippen molar-refractivity contribution >= 4 is 23.5 Å². The van der Waals surface area contributed by atoms with Crippen LogP contribution in [0.25, 0.3) is 0 Å². The van der Waals surface area contributed by atoms with E-state index in [1.165, 1.54) is 0 Å². The quantitative estimate of drug-likeness (QED) is 0.673. The molecule has 0 heterocycles. The molecule has 0 aliphatic carbocycles. The molecular formula is C15H15ClN2O. The number of hydrogen-bond donors (Lipinski definition) is 1. The van der Waals surface area contributed by atoms with Crippen LogP contribution in [0.3, 0.4) is 0 Å². The summed E-state index contributed by atoms with van der Waals surface area (Å²) in [7, 11) is 1.63. The molecule has 0 bridgehead atoms. The molecule has 0 saturated heterocycles. The van der Waals surface area contributed by atoms with Crippen LogP contribution in [-0.2, 0) is 0 Å². The third-order valence-corrected chi connectivity index (χ3v) is 3.09. The molecule has 2 aromatic rings. The minimum atomic E-state index is 0.696. The molecule has 0 spiro atoms. The van der Waals surface area contributed by atoms with Crippen molar-refractivity contribution in [2.24, 2.45) is 5.10 Å². The summed E-state index contributed by atoms with van der Waals surface area (Å²) < 4.78 is 5.31. The average Bonchev–Trinajstić information content (AvgIpc) is 2.43. The van der Waals surface area contributed by atoms with Crippen LogP contribution < -0.4 is 10.2 Å². The highest BCUT2D eigenvalue weighted by atomic mass is 35.5. The number of hydrazone groups is 1. The first kappa shape index (κ1) is 13.4. The summed E-state index contributed by atoms with van der Waals surface area (Å²) in [4.78, 5) is 0. The number of hydrogen-bond acceptors (Lipinski definition) is 3. The first-order valence-electron chi connectivity index (χ1n) is 5.89. The molecule has 3 nitrogen and oxygen atoms in total. The van der Waals surface area contributed by atoms with Crippen molar-refractivity contribution in [3.05, 3.63) is 58.6 Å². The molecule has 0 atom stereocenters.